The topological polar surface area (TPSA) is 94.1 Å². The normalized spacial score (nSPS) is 16.4. The Hall–Kier alpha value is -2.77. The van der Waals surface area contributed by atoms with Gasteiger partial charge in [0.2, 0.25) is 0 Å². The molecule has 0 saturated carbocycles. The number of pyridine rings is 1. The predicted octanol–water partition coefficient (Wildman–Crippen LogP) is 4.29. The lowest BCUT2D eigenvalue weighted by Gasteiger charge is -2.17. The van der Waals surface area contributed by atoms with Crippen molar-refractivity contribution in [2.24, 2.45) is 0 Å². The van der Waals surface area contributed by atoms with Crippen molar-refractivity contribution in [3.8, 4) is 22.6 Å². The molecule has 1 atom stereocenters. The Kier molecular flexibility index (Phi) is 5.11. The van der Waals surface area contributed by atoms with E-state index in [1.54, 1.807) is 24.5 Å². The summed E-state index contributed by atoms with van der Waals surface area (Å²) < 4.78 is 0. The molecule has 0 aliphatic carbocycles. The van der Waals surface area contributed by atoms with Crippen LogP contribution in [0.3, 0.4) is 0 Å². The van der Waals surface area contributed by atoms with E-state index in [1.807, 2.05) is 18.2 Å². The SMILES string of the molecule is O=C(O)NC1CCN(c2ccc(-c3ncc(-c4ccc(Cl)c(Cl)c4)[nH]3)cn2)C1. The number of imidazole rings is 1. The quantitative estimate of drug-likeness (QED) is 0.588. The number of amides is 1. The van der Waals surface area contributed by atoms with Crippen molar-refractivity contribution in [2.45, 2.75) is 12.5 Å². The average molecular weight is 418 g/mol. The van der Waals surface area contributed by atoms with Gasteiger partial charge in [0, 0.05) is 30.4 Å². The van der Waals surface area contributed by atoms with Crippen molar-refractivity contribution in [1.82, 2.24) is 20.3 Å². The number of carboxylic acid groups (broad SMARTS) is 1. The number of benzene rings is 1. The third kappa shape index (κ3) is 3.90. The van der Waals surface area contributed by atoms with Crippen LogP contribution in [0.15, 0.2) is 42.7 Å². The fourth-order valence-corrected chi connectivity index (χ4v) is 3.55. The highest BCUT2D eigenvalue weighted by atomic mass is 35.5. The van der Waals surface area contributed by atoms with Crippen molar-refractivity contribution in [3.63, 3.8) is 0 Å². The van der Waals surface area contributed by atoms with Crippen molar-refractivity contribution in [2.75, 3.05) is 18.0 Å². The average Bonchev–Trinajstić information content (AvgIpc) is 3.33. The molecule has 1 unspecified atom stereocenters. The Morgan fingerprint density at radius 1 is 1.14 bits per heavy atom. The third-order valence-corrected chi connectivity index (χ3v) is 5.41. The summed E-state index contributed by atoms with van der Waals surface area (Å²) in [5, 5.41) is 12.4. The largest absolute Gasteiger partial charge is 0.465 e. The molecule has 9 heteroatoms. The number of aromatic nitrogens is 3. The Bertz CT molecular complexity index is 1010. The van der Waals surface area contributed by atoms with Gasteiger partial charge in [-0.25, -0.2) is 14.8 Å². The second-order valence-electron chi connectivity index (χ2n) is 6.56. The lowest BCUT2D eigenvalue weighted by atomic mass is 10.2. The molecule has 144 valence electrons. The summed E-state index contributed by atoms with van der Waals surface area (Å²) in [5.41, 5.74) is 2.58. The number of nitrogens with zero attached hydrogens (tertiary/aromatic N) is 3. The maximum Gasteiger partial charge on any atom is 0.404 e. The van der Waals surface area contributed by atoms with Gasteiger partial charge in [0.1, 0.15) is 11.6 Å². The summed E-state index contributed by atoms with van der Waals surface area (Å²) in [6, 6.07) is 9.20. The van der Waals surface area contributed by atoms with Gasteiger partial charge in [-0.1, -0.05) is 29.3 Å². The molecule has 7 nitrogen and oxygen atoms in total. The highest BCUT2D eigenvalue weighted by Gasteiger charge is 2.24. The zero-order valence-electron chi connectivity index (χ0n) is 14.7. The molecule has 2 aromatic heterocycles. The van der Waals surface area contributed by atoms with Gasteiger partial charge in [0.05, 0.1) is 28.0 Å². The number of hydrogen-bond acceptors (Lipinski definition) is 4. The molecular formula is C19H17Cl2N5O2. The molecule has 4 rings (SSSR count). The van der Waals surface area contributed by atoms with Gasteiger partial charge in [-0.3, -0.25) is 0 Å². The zero-order valence-corrected chi connectivity index (χ0v) is 16.2. The summed E-state index contributed by atoms with van der Waals surface area (Å²) in [6.07, 6.45) is 3.27. The molecule has 0 radical (unpaired) electrons. The smallest absolute Gasteiger partial charge is 0.404 e. The molecular weight excluding hydrogens is 401 g/mol. The van der Waals surface area contributed by atoms with Gasteiger partial charge in [0.25, 0.3) is 0 Å². The van der Waals surface area contributed by atoms with Crippen LogP contribution in [0.25, 0.3) is 22.6 Å². The molecule has 1 fully saturated rings. The fourth-order valence-electron chi connectivity index (χ4n) is 3.25. The monoisotopic (exact) mass is 417 g/mol. The van der Waals surface area contributed by atoms with Crippen LogP contribution in [0, 0.1) is 0 Å². The predicted molar refractivity (Wildman–Crippen MR) is 109 cm³/mol. The first-order valence-electron chi connectivity index (χ1n) is 8.71. The van der Waals surface area contributed by atoms with Gasteiger partial charge in [-0.05, 0) is 30.7 Å². The van der Waals surface area contributed by atoms with E-state index in [0.717, 1.165) is 35.6 Å². The van der Waals surface area contributed by atoms with Gasteiger partial charge in [-0.2, -0.15) is 0 Å². The van der Waals surface area contributed by atoms with E-state index in [-0.39, 0.29) is 6.04 Å². The highest BCUT2D eigenvalue weighted by molar-refractivity contribution is 6.42. The number of rotatable bonds is 4. The number of aromatic amines is 1. The molecule has 0 spiro atoms. The standard InChI is InChI=1S/C19H17Cl2N5O2/c20-14-3-1-11(7-15(14)21)16-9-23-18(25-16)12-2-4-17(22-8-12)26-6-5-13(10-26)24-19(27)28/h1-4,7-9,13,24H,5-6,10H2,(H,23,25)(H,27,28). The second kappa shape index (κ2) is 7.69. The number of anilines is 1. The lowest BCUT2D eigenvalue weighted by Crippen LogP contribution is -2.36. The molecule has 3 aromatic rings. The van der Waals surface area contributed by atoms with Gasteiger partial charge < -0.3 is 20.3 Å². The van der Waals surface area contributed by atoms with E-state index >= 15 is 0 Å². The van der Waals surface area contributed by atoms with Crippen LogP contribution in [0.4, 0.5) is 10.6 Å². The van der Waals surface area contributed by atoms with E-state index in [4.69, 9.17) is 28.3 Å². The number of hydrogen-bond donors (Lipinski definition) is 3. The summed E-state index contributed by atoms with van der Waals surface area (Å²) in [4.78, 5) is 25.0. The number of carbonyl (C=O) groups is 1. The van der Waals surface area contributed by atoms with E-state index in [0.29, 0.717) is 22.4 Å². The first-order valence-corrected chi connectivity index (χ1v) is 9.46. The van der Waals surface area contributed by atoms with Crippen molar-refractivity contribution < 1.29 is 9.90 Å². The molecule has 0 bridgehead atoms. The minimum Gasteiger partial charge on any atom is -0.465 e. The molecule has 1 saturated heterocycles. The molecule has 3 heterocycles. The van der Waals surface area contributed by atoms with Crippen LogP contribution in [0.1, 0.15) is 6.42 Å². The van der Waals surface area contributed by atoms with E-state index < -0.39 is 6.09 Å². The van der Waals surface area contributed by atoms with Crippen LogP contribution in [-0.2, 0) is 0 Å². The van der Waals surface area contributed by atoms with Crippen molar-refractivity contribution >= 4 is 35.1 Å². The van der Waals surface area contributed by atoms with Crippen LogP contribution in [0.2, 0.25) is 10.0 Å². The molecule has 3 N–H and O–H groups in total. The van der Waals surface area contributed by atoms with E-state index in [9.17, 15) is 4.79 Å². The molecule has 1 aromatic carbocycles. The van der Waals surface area contributed by atoms with Gasteiger partial charge in [0.15, 0.2) is 0 Å². The third-order valence-electron chi connectivity index (χ3n) is 4.67. The van der Waals surface area contributed by atoms with Crippen LogP contribution < -0.4 is 10.2 Å². The minimum absolute atomic E-state index is 0.0715. The minimum atomic E-state index is -0.995. The van der Waals surface area contributed by atoms with E-state index in [1.165, 1.54) is 0 Å². The van der Waals surface area contributed by atoms with E-state index in [2.05, 4.69) is 25.2 Å². The van der Waals surface area contributed by atoms with Crippen molar-refractivity contribution in [1.29, 1.82) is 0 Å². The molecule has 1 aliphatic heterocycles. The second-order valence-corrected chi connectivity index (χ2v) is 7.37. The Labute approximate surface area is 171 Å². The summed E-state index contributed by atoms with van der Waals surface area (Å²) in [5.74, 6) is 1.52. The van der Waals surface area contributed by atoms with Gasteiger partial charge >= 0.3 is 6.09 Å². The van der Waals surface area contributed by atoms with Crippen molar-refractivity contribution in [3.05, 3.63) is 52.8 Å². The number of H-pyrrole nitrogens is 1. The summed E-state index contributed by atoms with van der Waals surface area (Å²) in [6.45, 7) is 1.38. The van der Waals surface area contributed by atoms with Gasteiger partial charge in [-0.15, -0.1) is 0 Å². The first-order chi connectivity index (χ1) is 13.5. The Morgan fingerprint density at radius 2 is 1.96 bits per heavy atom. The van der Waals surface area contributed by atoms with Crippen LogP contribution in [-0.4, -0.2) is 45.3 Å². The van der Waals surface area contributed by atoms with Crippen LogP contribution >= 0.6 is 23.2 Å². The number of halogens is 2. The molecule has 1 aliphatic rings. The zero-order chi connectivity index (χ0) is 19.7. The summed E-state index contributed by atoms with van der Waals surface area (Å²) in [7, 11) is 0. The Morgan fingerprint density at radius 3 is 2.68 bits per heavy atom. The maximum absolute atomic E-state index is 10.8. The fraction of sp³-hybridized carbons (Fsp3) is 0.211. The summed E-state index contributed by atoms with van der Waals surface area (Å²) >= 11 is 12.1. The first kappa shape index (κ1) is 18.6. The highest BCUT2D eigenvalue weighted by Crippen LogP contribution is 2.29. The Balaban J connectivity index is 1.48. The molecule has 28 heavy (non-hydrogen) atoms. The van der Waals surface area contributed by atoms with Crippen LogP contribution in [0.5, 0.6) is 0 Å². The lowest BCUT2D eigenvalue weighted by molar-refractivity contribution is 0.191. The maximum atomic E-state index is 10.8. The molecule has 1 amide bonds. The number of nitrogens with one attached hydrogen (secondary N) is 2.